The molecular weight excluding hydrogens is 450 g/mol. The molecule has 1 N–H and O–H groups in total. The minimum atomic E-state index is -4.05. The molecule has 0 aromatic carbocycles. The van der Waals surface area contributed by atoms with Crippen molar-refractivity contribution in [1.82, 2.24) is 19.2 Å². The number of piperazine rings is 1. The van der Waals surface area contributed by atoms with E-state index in [1.165, 1.54) is 4.31 Å². The van der Waals surface area contributed by atoms with Crippen LogP contribution in [0.2, 0.25) is 0 Å². The highest BCUT2D eigenvalue weighted by Crippen LogP contribution is 2.35. The van der Waals surface area contributed by atoms with E-state index < -0.39 is 20.7 Å². The highest BCUT2D eigenvalue weighted by Gasteiger charge is 2.56. The molecule has 33 heavy (non-hydrogen) atoms. The van der Waals surface area contributed by atoms with Crippen molar-refractivity contribution in [3.05, 3.63) is 18.0 Å². The summed E-state index contributed by atoms with van der Waals surface area (Å²) in [5, 5.41) is 9.10. The smallest absolute Gasteiger partial charge is 0.364 e. The van der Waals surface area contributed by atoms with Crippen molar-refractivity contribution in [3.63, 3.8) is 0 Å². The number of anilines is 1. The first-order chi connectivity index (χ1) is 15.9. The predicted octanol–water partition coefficient (Wildman–Crippen LogP) is 0.768. The van der Waals surface area contributed by atoms with Gasteiger partial charge in [0.25, 0.3) is 0 Å². The van der Waals surface area contributed by atoms with E-state index in [-0.39, 0.29) is 25.9 Å². The van der Waals surface area contributed by atoms with Gasteiger partial charge in [0, 0.05) is 65.3 Å². The van der Waals surface area contributed by atoms with Crippen molar-refractivity contribution in [1.29, 1.82) is 0 Å². The van der Waals surface area contributed by atoms with Crippen molar-refractivity contribution in [3.8, 4) is 0 Å². The summed E-state index contributed by atoms with van der Waals surface area (Å²) in [4.78, 5) is 29.4. The summed E-state index contributed by atoms with van der Waals surface area (Å²) >= 11 is 0. The number of aryl methyl sites for hydroxylation is 1. The zero-order chi connectivity index (χ0) is 23.9. The lowest BCUT2D eigenvalue weighted by atomic mass is 9.96. The second-order valence-electron chi connectivity index (χ2n) is 8.59. The third-order valence-corrected chi connectivity index (χ3v) is 9.20. The van der Waals surface area contributed by atoms with Crippen molar-refractivity contribution >= 4 is 21.9 Å². The van der Waals surface area contributed by atoms with Crippen LogP contribution in [-0.4, -0.2) is 103 Å². The van der Waals surface area contributed by atoms with Gasteiger partial charge in [0.15, 0.2) is 4.75 Å². The number of sulfonamides is 1. The first-order valence-electron chi connectivity index (χ1n) is 11.5. The van der Waals surface area contributed by atoms with Gasteiger partial charge in [0.05, 0.1) is 6.61 Å². The largest absolute Gasteiger partial charge is 0.383 e. The molecule has 0 atom stereocenters. The summed E-state index contributed by atoms with van der Waals surface area (Å²) in [7, 11) is -2.45. The third kappa shape index (κ3) is 5.62. The van der Waals surface area contributed by atoms with Gasteiger partial charge in [-0.1, -0.05) is 13.3 Å². The van der Waals surface area contributed by atoms with Crippen LogP contribution < -0.4 is 4.90 Å². The molecule has 0 unspecified atom stereocenters. The van der Waals surface area contributed by atoms with Gasteiger partial charge < -0.3 is 14.5 Å². The number of hydrogen-bond donors (Lipinski definition) is 1. The number of nitrogens with zero attached hydrogens (tertiary/aromatic N) is 5. The molecule has 1 aromatic heterocycles. The molecule has 0 bridgehead atoms. The van der Waals surface area contributed by atoms with Crippen LogP contribution in [0.4, 0.5) is 5.95 Å². The molecule has 3 heterocycles. The summed E-state index contributed by atoms with van der Waals surface area (Å²) in [6.07, 6.45) is 6.89. The molecule has 0 aliphatic carbocycles. The van der Waals surface area contributed by atoms with Crippen LogP contribution in [0.15, 0.2) is 12.4 Å². The topological polar surface area (TPSA) is 125 Å². The van der Waals surface area contributed by atoms with Gasteiger partial charge in [-0.05, 0) is 31.2 Å². The molecule has 3 rings (SSSR count). The highest BCUT2D eigenvalue weighted by molar-refractivity contribution is 7.91. The number of carbonyl (C=O) groups is 1. The Morgan fingerprint density at radius 3 is 2.30 bits per heavy atom. The maximum absolute atomic E-state index is 13.6. The van der Waals surface area contributed by atoms with Crippen LogP contribution in [0.3, 0.4) is 0 Å². The Bertz CT molecular complexity index is 866. The van der Waals surface area contributed by atoms with Crippen molar-refractivity contribution < 1.29 is 28.1 Å². The molecule has 0 amide bonds. The molecule has 2 saturated heterocycles. The lowest BCUT2D eigenvalue weighted by Gasteiger charge is -2.43. The van der Waals surface area contributed by atoms with Crippen molar-refractivity contribution in [2.75, 3.05) is 64.4 Å². The van der Waals surface area contributed by atoms with Gasteiger partial charge in [-0.3, -0.25) is 4.89 Å². The maximum atomic E-state index is 13.6. The monoisotopic (exact) mass is 485 g/mol. The molecule has 12 heteroatoms. The Morgan fingerprint density at radius 1 is 1.12 bits per heavy atom. The number of unbranched alkanes of at least 4 members (excludes halogenated alkanes) is 1. The number of rotatable bonds is 10. The number of hydrogen-bond acceptors (Lipinski definition) is 10. The second-order valence-corrected chi connectivity index (χ2v) is 10.8. The van der Waals surface area contributed by atoms with E-state index in [4.69, 9.17) is 9.99 Å². The van der Waals surface area contributed by atoms with E-state index in [2.05, 4.69) is 21.8 Å². The minimum absolute atomic E-state index is 0.0565. The van der Waals surface area contributed by atoms with Crippen LogP contribution in [0, 0.1) is 0 Å². The maximum Gasteiger partial charge on any atom is 0.364 e. The van der Waals surface area contributed by atoms with Gasteiger partial charge in [0.1, 0.15) is 0 Å². The molecule has 0 saturated carbocycles. The molecule has 2 fully saturated rings. The van der Waals surface area contributed by atoms with E-state index in [1.54, 1.807) is 7.11 Å². The zero-order valence-electron chi connectivity index (χ0n) is 19.5. The lowest BCUT2D eigenvalue weighted by Crippen LogP contribution is -2.62. The van der Waals surface area contributed by atoms with E-state index in [0.29, 0.717) is 45.3 Å². The SMILES string of the molecule is CCCCc1cnc(N2CCN(S(=O)(=O)C3(C(=O)OO)CCN(CCOC)CC3)CC2)nc1. The zero-order valence-corrected chi connectivity index (χ0v) is 20.3. The average molecular weight is 486 g/mol. The molecule has 11 nitrogen and oxygen atoms in total. The molecule has 186 valence electrons. The van der Waals surface area contributed by atoms with Crippen LogP contribution in [0.1, 0.15) is 38.2 Å². The quantitative estimate of drug-likeness (QED) is 0.375. The van der Waals surface area contributed by atoms with E-state index in [9.17, 15) is 13.2 Å². The molecule has 1 aromatic rings. The average Bonchev–Trinajstić information content (AvgIpc) is 2.86. The van der Waals surface area contributed by atoms with Crippen LogP contribution >= 0.6 is 0 Å². The normalized spacial score (nSPS) is 20.0. The van der Waals surface area contributed by atoms with Gasteiger partial charge >= 0.3 is 5.97 Å². The first kappa shape index (κ1) is 25.8. The highest BCUT2D eigenvalue weighted by atomic mass is 32.2. The Balaban J connectivity index is 1.66. The number of likely N-dealkylation sites (tertiary alicyclic amines) is 1. The number of piperidine rings is 1. The lowest BCUT2D eigenvalue weighted by molar-refractivity contribution is -0.238. The number of ether oxygens (including phenoxy) is 1. The predicted molar refractivity (Wildman–Crippen MR) is 122 cm³/mol. The molecule has 2 aliphatic heterocycles. The summed E-state index contributed by atoms with van der Waals surface area (Å²) in [6, 6.07) is 0. The molecule has 0 spiro atoms. The van der Waals surface area contributed by atoms with Crippen molar-refractivity contribution in [2.24, 2.45) is 0 Å². The third-order valence-electron chi connectivity index (χ3n) is 6.60. The van der Waals surface area contributed by atoms with Gasteiger partial charge in [-0.2, -0.15) is 9.56 Å². The number of methoxy groups -OCH3 is 1. The summed E-state index contributed by atoms with van der Waals surface area (Å²) in [6.45, 7) is 5.35. The van der Waals surface area contributed by atoms with E-state index >= 15 is 0 Å². The molecule has 2 aliphatic rings. The Labute approximate surface area is 195 Å². The fourth-order valence-corrected chi connectivity index (χ4v) is 6.49. The summed E-state index contributed by atoms with van der Waals surface area (Å²) in [5.74, 6) is -0.537. The van der Waals surface area contributed by atoms with Gasteiger partial charge in [-0.25, -0.2) is 23.2 Å². The van der Waals surface area contributed by atoms with Gasteiger partial charge in [0.2, 0.25) is 16.0 Å². The number of aromatic nitrogens is 2. The fourth-order valence-electron chi connectivity index (χ4n) is 4.41. The number of carbonyl (C=O) groups excluding carboxylic acids is 1. The van der Waals surface area contributed by atoms with Crippen molar-refractivity contribution in [2.45, 2.75) is 43.8 Å². The first-order valence-corrected chi connectivity index (χ1v) is 12.9. The minimum Gasteiger partial charge on any atom is -0.383 e. The summed E-state index contributed by atoms with van der Waals surface area (Å²) in [5.41, 5.74) is 1.09. The Kier molecular flexibility index (Phi) is 8.99. The molecule has 0 radical (unpaired) electrons. The Morgan fingerprint density at radius 2 is 1.76 bits per heavy atom. The van der Waals surface area contributed by atoms with Gasteiger partial charge in [-0.15, -0.1) is 0 Å². The van der Waals surface area contributed by atoms with Crippen LogP contribution in [0.25, 0.3) is 0 Å². The van der Waals surface area contributed by atoms with E-state index in [1.807, 2.05) is 22.2 Å². The second kappa shape index (κ2) is 11.5. The summed E-state index contributed by atoms with van der Waals surface area (Å²) < 4.78 is 31.8. The standard InChI is InChI=1S/C21H35N5O6S/c1-3-4-5-18-16-22-20(23-17-18)25-10-12-26(13-11-25)33(29,30)21(19(27)32-28)6-8-24(9-7-21)14-15-31-2/h16-17,28H,3-15H2,1-2H3. The Hall–Kier alpha value is -1.86. The van der Waals surface area contributed by atoms with Crippen LogP contribution in [-0.2, 0) is 30.9 Å². The fraction of sp³-hybridized carbons (Fsp3) is 0.762. The van der Waals surface area contributed by atoms with E-state index in [0.717, 1.165) is 24.8 Å². The van der Waals surface area contributed by atoms with Crippen LogP contribution in [0.5, 0.6) is 0 Å². The molecular formula is C21H35N5O6S.